The van der Waals surface area contributed by atoms with Gasteiger partial charge in [0.1, 0.15) is 0 Å². The third kappa shape index (κ3) is 3.09. The lowest BCUT2D eigenvalue weighted by Gasteiger charge is -2.58. The van der Waals surface area contributed by atoms with E-state index in [9.17, 15) is 5.11 Å². The predicted molar refractivity (Wildman–Crippen MR) is 122 cm³/mol. The van der Waals surface area contributed by atoms with Crippen molar-refractivity contribution in [2.75, 3.05) is 6.54 Å². The van der Waals surface area contributed by atoms with Crippen LogP contribution in [0.25, 0.3) is 0 Å². The lowest BCUT2D eigenvalue weighted by Crippen LogP contribution is -2.51. The number of fused-ring (bicyclic) bond motifs is 7. The summed E-state index contributed by atoms with van der Waals surface area (Å²) >= 11 is 0. The van der Waals surface area contributed by atoms with E-state index in [1.807, 2.05) is 0 Å². The van der Waals surface area contributed by atoms with Crippen molar-refractivity contribution < 1.29 is 9.84 Å². The lowest BCUT2D eigenvalue weighted by atomic mass is 9.47. The molecule has 3 nitrogen and oxygen atoms in total. The van der Waals surface area contributed by atoms with Crippen LogP contribution in [0.4, 0.5) is 0 Å². The highest BCUT2D eigenvalue weighted by atomic mass is 16.5. The van der Waals surface area contributed by atoms with Crippen molar-refractivity contribution in [1.29, 1.82) is 0 Å². The summed E-state index contributed by atoms with van der Waals surface area (Å²) in [6.45, 7) is 10.7. The van der Waals surface area contributed by atoms with Crippen molar-refractivity contribution in [3.05, 3.63) is 11.6 Å². The van der Waals surface area contributed by atoms with E-state index in [0.717, 1.165) is 43.1 Å². The molecule has 4 aliphatic carbocycles. The van der Waals surface area contributed by atoms with Gasteiger partial charge in [-0.05, 0) is 111 Å². The topological polar surface area (TPSA) is 55.5 Å². The van der Waals surface area contributed by atoms with Gasteiger partial charge in [-0.15, -0.1) is 0 Å². The summed E-state index contributed by atoms with van der Waals surface area (Å²) in [4.78, 5) is 0. The first kappa shape index (κ1) is 21.5. The average molecular weight is 416 g/mol. The maximum absolute atomic E-state index is 10.2. The number of rotatable bonds is 4. The Labute approximate surface area is 184 Å². The zero-order chi connectivity index (χ0) is 21.3. The molecule has 11 atom stereocenters. The zero-order valence-electron chi connectivity index (χ0n) is 19.8. The standard InChI is InChI=1S/C27H45NO2/c1-16(15-28)5-8-23-17(2)25-24(30-23)14-22-20-7-6-18-13-19(29)9-11-26(18,3)21(20)10-12-27(22,25)4/h6,16-17,19-25,29H,5,7-15,28H2,1-4H3/t16?,17-,19-,20-,21+,22+,23?,24+,25+,26+,27+/m1/s1. The number of allylic oxidation sites excluding steroid dienone is 1. The predicted octanol–water partition coefficient (Wildman–Crippen LogP) is 5.31. The highest BCUT2D eigenvalue weighted by Crippen LogP contribution is 2.69. The minimum atomic E-state index is -0.103. The van der Waals surface area contributed by atoms with E-state index in [0.29, 0.717) is 34.9 Å². The molecule has 3 heteroatoms. The summed E-state index contributed by atoms with van der Waals surface area (Å²) in [5.41, 5.74) is 8.24. The number of ether oxygens (including phenoxy) is 1. The summed E-state index contributed by atoms with van der Waals surface area (Å²) in [6, 6.07) is 0. The molecule has 0 aromatic heterocycles. The van der Waals surface area contributed by atoms with Crippen molar-refractivity contribution in [2.45, 2.75) is 104 Å². The first-order valence-electron chi connectivity index (χ1n) is 13.0. The first-order valence-corrected chi connectivity index (χ1v) is 13.0. The quantitative estimate of drug-likeness (QED) is 0.611. The van der Waals surface area contributed by atoms with Crippen molar-refractivity contribution in [3.8, 4) is 0 Å². The first-order chi connectivity index (χ1) is 14.3. The van der Waals surface area contributed by atoms with Crippen LogP contribution < -0.4 is 5.73 Å². The summed E-state index contributed by atoms with van der Waals surface area (Å²) < 4.78 is 6.79. The van der Waals surface area contributed by atoms with Gasteiger partial charge in [0.05, 0.1) is 18.3 Å². The van der Waals surface area contributed by atoms with Crippen molar-refractivity contribution in [1.82, 2.24) is 0 Å². The summed E-state index contributed by atoms with van der Waals surface area (Å²) in [5, 5.41) is 10.2. The molecule has 1 aliphatic heterocycles. The number of aliphatic hydroxyl groups excluding tert-OH is 1. The van der Waals surface area contributed by atoms with E-state index >= 15 is 0 Å². The molecule has 3 N–H and O–H groups in total. The monoisotopic (exact) mass is 415 g/mol. The normalized spacial score (nSPS) is 53.3. The molecular formula is C27H45NO2. The Bertz CT molecular complexity index is 690. The Hall–Kier alpha value is -0.380. The number of nitrogens with two attached hydrogens (primary N) is 1. The third-order valence-corrected chi connectivity index (χ3v) is 11.0. The van der Waals surface area contributed by atoms with Gasteiger partial charge < -0.3 is 15.6 Å². The molecule has 0 aromatic carbocycles. The van der Waals surface area contributed by atoms with Crippen molar-refractivity contribution in [2.24, 2.45) is 52.1 Å². The lowest BCUT2D eigenvalue weighted by molar-refractivity contribution is -0.0589. The second kappa shape index (κ2) is 7.59. The van der Waals surface area contributed by atoms with Crippen LogP contribution >= 0.6 is 0 Å². The maximum Gasteiger partial charge on any atom is 0.0618 e. The van der Waals surface area contributed by atoms with E-state index in [-0.39, 0.29) is 6.10 Å². The Morgan fingerprint density at radius 1 is 1.23 bits per heavy atom. The Kier molecular flexibility index (Phi) is 5.43. The van der Waals surface area contributed by atoms with Crippen molar-refractivity contribution in [3.63, 3.8) is 0 Å². The molecule has 30 heavy (non-hydrogen) atoms. The fraction of sp³-hybridized carbons (Fsp3) is 0.926. The van der Waals surface area contributed by atoms with E-state index in [4.69, 9.17) is 10.5 Å². The van der Waals surface area contributed by atoms with E-state index in [1.54, 1.807) is 5.57 Å². The highest BCUT2D eigenvalue weighted by Gasteiger charge is 2.64. The van der Waals surface area contributed by atoms with Crippen LogP contribution in [0.3, 0.4) is 0 Å². The van der Waals surface area contributed by atoms with E-state index in [2.05, 4.69) is 33.8 Å². The van der Waals surface area contributed by atoms with Gasteiger partial charge in [0, 0.05) is 0 Å². The molecule has 0 amide bonds. The van der Waals surface area contributed by atoms with E-state index < -0.39 is 0 Å². The SMILES string of the molecule is CC(CN)CCC1O[C@H]2C[C@H]3[C@@H]4CC=C5C[C@H](O)CC[C@]5(C)[C@H]4CC[C@]3(C)[C@H]2[C@@H]1C. The van der Waals surface area contributed by atoms with Crippen LogP contribution in [0, 0.1) is 46.3 Å². The van der Waals surface area contributed by atoms with Gasteiger partial charge in [-0.1, -0.05) is 39.3 Å². The van der Waals surface area contributed by atoms with Gasteiger partial charge in [-0.25, -0.2) is 0 Å². The minimum absolute atomic E-state index is 0.103. The van der Waals surface area contributed by atoms with E-state index in [1.165, 1.54) is 44.9 Å². The number of hydrogen-bond donors (Lipinski definition) is 2. The highest BCUT2D eigenvalue weighted by molar-refractivity contribution is 5.26. The number of hydrogen-bond acceptors (Lipinski definition) is 3. The molecule has 0 aromatic rings. The fourth-order valence-corrected chi connectivity index (χ4v) is 9.23. The molecule has 5 aliphatic rings. The Morgan fingerprint density at radius 3 is 2.80 bits per heavy atom. The van der Waals surface area contributed by atoms with Crippen LogP contribution in [0.2, 0.25) is 0 Å². The molecule has 0 radical (unpaired) electrons. The van der Waals surface area contributed by atoms with Gasteiger partial charge in [0.2, 0.25) is 0 Å². The molecule has 1 heterocycles. The fourth-order valence-electron chi connectivity index (χ4n) is 9.23. The second-order valence-electron chi connectivity index (χ2n) is 12.5. The van der Waals surface area contributed by atoms with Crippen LogP contribution in [0.1, 0.15) is 85.5 Å². The van der Waals surface area contributed by atoms with Gasteiger partial charge in [-0.3, -0.25) is 0 Å². The van der Waals surface area contributed by atoms with Crippen LogP contribution in [-0.4, -0.2) is 30.0 Å². The third-order valence-electron chi connectivity index (χ3n) is 11.0. The Morgan fingerprint density at radius 2 is 2.03 bits per heavy atom. The molecule has 1 saturated heterocycles. The largest absolute Gasteiger partial charge is 0.393 e. The molecule has 4 fully saturated rings. The molecule has 0 spiro atoms. The summed E-state index contributed by atoms with van der Waals surface area (Å²) in [6.07, 6.45) is 14.2. The zero-order valence-corrected chi connectivity index (χ0v) is 19.8. The minimum Gasteiger partial charge on any atom is -0.393 e. The van der Waals surface area contributed by atoms with Crippen LogP contribution in [0.15, 0.2) is 11.6 Å². The van der Waals surface area contributed by atoms with Crippen LogP contribution in [-0.2, 0) is 4.74 Å². The maximum atomic E-state index is 10.2. The molecule has 3 saturated carbocycles. The molecule has 170 valence electrons. The van der Waals surface area contributed by atoms with Gasteiger partial charge >= 0.3 is 0 Å². The van der Waals surface area contributed by atoms with Gasteiger partial charge in [0.15, 0.2) is 0 Å². The summed E-state index contributed by atoms with van der Waals surface area (Å²) in [5.74, 6) is 4.50. The Balaban J connectivity index is 1.34. The smallest absolute Gasteiger partial charge is 0.0618 e. The second-order valence-corrected chi connectivity index (χ2v) is 12.5. The van der Waals surface area contributed by atoms with Gasteiger partial charge in [-0.2, -0.15) is 0 Å². The summed E-state index contributed by atoms with van der Waals surface area (Å²) in [7, 11) is 0. The van der Waals surface area contributed by atoms with Crippen LogP contribution in [0.5, 0.6) is 0 Å². The molecule has 2 unspecified atom stereocenters. The van der Waals surface area contributed by atoms with Gasteiger partial charge in [0.25, 0.3) is 0 Å². The molecule has 0 bridgehead atoms. The average Bonchev–Trinajstić information content (AvgIpc) is 3.20. The molecular weight excluding hydrogens is 370 g/mol. The van der Waals surface area contributed by atoms with Crippen molar-refractivity contribution >= 4 is 0 Å². The number of aliphatic hydroxyl groups is 1. The molecule has 5 rings (SSSR count).